The Bertz CT molecular complexity index is 740. The number of nitrogens with one attached hydrogen (secondary N) is 1. The monoisotopic (exact) mass is 299 g/mol. The smallest absolute Gasteiger partial charge is 0.255 e. The molecular formula is C17H21N3O2. The van der Waals surface area contributed by atoms with Gasteiger partial charge in [0, 0.05) is 30.1 Å². The summed E-state index contributed by atoms with van der Waals surface area (Å²) < 4.78 is 0. The first-order valence-corrected chi connectivity index (χ1v) is 7.65. The number of piperidine rings is 1. The molecule has 0 bridgehead atoms. The SMILES string of the molecule is Cc1[nH]c2c(C(=O)N3CCC(C(N)=O)CC3)cccc2c1C. The lowest BCUT2D eigenvalue weighted by molar-refractivity contribution is -0.123. The zero-order valence-electron chi connectivity index (χ0n) is 13.0. The van der Waals surface area contributed by atoms with Gasteiger partial charge in [0.15, 0.2) is 0 Å². The summed E-state index contributed by atoms with van der Waals surface area (Å²) in [5.74, 6) is -0.339. The van der Waals surface area contributed by atoms with Gasteiger partial charge in [-0.3, -0.25) is 9.59 Å². The normalized spacial score (nSPS) is 16.2. The van der Waals surface area contributed by atoms with E-state index in [2.05, 4.69) is 11.9 Å². The quantitative estimate of drug-likeness (QED) is 0.891. The van der Waals surface area contributed by atoms with Crippen LogP contribution >= 0.6 is 0 Å². The standard InChI is InChI=1S/C17H21N3O2/c1-10-11(2)19-15-13(10)4-3-5-14(15)17(22)20-8-6-12(7-9-20)16(18)21/h3-5,12,19H,6-9H2,1-2H3,(H2,18,21). The third kappa shape index (κ3) is 2.36. The van der Waals surface area contributed by atoms with Crippen LogP contribution in [0.3, 0.4) is 0 Å². The summed E-state index contributed by atoms with van der Waals surface area (Å²) in [4.78, 5) is 29.2. The van der Waals surface area contributed by atoms with E-state index in [9.17, 15) is 9.59 Å². The number of aromatic nitrogens is 1. The topological polar surface area (TPSA) is 79.2 Å². The summed E-state index contributed by atoms with van der Waals surface area (Å²) in [5.41, 5.74) is 9.21. The molecule has 2 heterocycles. The van der Waals surface area contributed by atoms with Gasteiger partial charge in [-0.25, -0.2) is 0 Å². The Kier molecular flexibility index (Phi) is 3.64. The van der Waals surface area contributed by atoms with Crippen molar-refractivity contribution in [2.45, 2.75) is 26.7 Å². The van der Waals surface area contributed by atoms with Crippen LogP contribution in [0.25, 0.3) is 10.9 Å². The van der Waals surface area contributed by atoms with Gasteiger partial charge in [0.05, 0.1) is 11.1 Å². The fourth-order valence-electron chi connectivity index (χ4n) is 3.20. The lowest BCUT2D eigenvalue weighted by Crippen LogP contribution is -2.41. The zero-order chi connectivity index (χ0) is 15.9. The maximum absolute atomic E-state index is 12.8. The number of primary amides is 1. The van der Waals surface area contributed by atoms with Crippen LogP contribution in [0, 0.1) is 19.8 Å². The number of fused-ring (bicyclic) bond motifs is 1. The second-order valence-electron chi connectivity index (χ2n) is 6.07. The highest BCUT2D eigenvalue weighted by Crippen LogP contribution is 2.26. The molecule has 0 spiro atoms. The van der Waals surface area contributed by atoms with Crippen LogP contribution in [-0.4, -0.2) is 34.8 Å². The molecule has 1 fully saturated rings. The van der Waals surface area contributed by atoms with Crippen molar-refractivity contribution >= 4 is 22.7 Å². The fourth-order valence-corrected chi connectivity index (χ4v) is 3.20. The van der Waals surface area contributed by atoms with Crippen molar-refractivity contribution < 1.29 is 9.59 Å². The molecule has 3 rings (SSSR count). The Balaban J connectivity index is 1.87. The number of rotatable bonds is 2. The minimum atomic E-state index is -0.259. The predicted octanol–water partition coefficient (Wildman–Crippen LogP) is 2.12. The maximum Gasteiger partial charge on any atom is 0.255 e. The van der Waals surface area contributed by atoms with E-state index in [1.54, 1.807) is 0 Å². The molecule has 2 amide bonds. The predicted molar refractivity (Wildman–Crippen MR) is 85.6 cm³/mol. The van der Waals surface area contributed by atoms with Gasteiger partial charge in [-0.2, -0.15) is 0 Å². The highest BCUT2D eigenvalue weighted by molar-refractivity contribution is 6.06. The summed E-state index contributed by atoms with van der Waals surface area (Å²) in [6.45, 7) is 5.24. The Hall–Kier alpha value is -2.30. The second kappa shape index (κ2) is 5.48. The zero-order valence-corrected chi connectivity index (χ0v) is 13.0. The third-order valence-corrected chi connectivity index (χ3v) is 4.76. The number of para-hydroxylation sites is 1. The second-order valence-corrected chi connectivity index (χ2v) is 6.07. The van der Waals surface area contributed by atoms with Crippen molar-refractivity contribution in [2.75, 3.05) is 13.1 Å². The minimum absolute atomic E-state index is 0.0229. The van der Waals surface area contributed by atoms with Crippen LogP contribution in [0.15, 0.2) is 18.2 Å². The Morgan fingerprint density at radius 1 is 1.23 bits per heavy atom. The number of nitrogens with two attached hydrogens (primary N) is 1. The average Bonchev–Trinajstić information content (AvgIpc) is 2.82. The molecular weight excluding hydrogens is 278 g/mol. The molecule has 116 valence electrons. The molecule has 22 heavy (non-hydrogen) atoms. The number of benzene rings is 1. The molecule has 0 radical (unpaired) electrons. The van der Waals surface area contributed by atoms with E-state index < -0.39 is 0 Å². The molecule has 1 aromatic carbocycles. The van der Waals surface area contributed by atoms with Gasteiger partial charge in [-0.1, -0.05) is 12.1 Å². The van der Waals surface area contributed by atoms with Crippen molar-refractivity contribution in [2.24, 2.45) is 11.7 Å². The molecule has 5 nitrogen and oxygen atoms in total. The average molecular weight is 299 g/mol. The van der Waals surface area contributed by atoms with Gasteiger partial charge >= 0.3 is 0 Å². The molecule has 1 saturated heterocycles. The third-order valence-electron chi connectivity index (χ3n) is 4.76. The molecule has 0 saturated carbocycles. The van der Waals surface area contributed by atoms with E-state index in [4.69, 9.17) is 5.73 Å². The van der Waals surface area contributed by atoms with Gasteiger partial charge in [0.1, 0.15) is 0 Å². The number of hydrogen-bond donors (Lipinski definition) is 2. The van der Waals surface area contributed by atoms with Gasteiger partial charge in [0.2, 0.25) is 5.91 Å². The van der Waals surface area contributed by atoms with Crippen LogP contribution in [-0.2, 0) is 4.79 Å². The van der Waals surface area contributed by atoms with Crippen LogP contribution < -0.4 is 5.73 Å². The first-order chi connectivity index (χ1) is 10.5. The van der Waals surface area contributed by atoms with E-state index in [0.717, 1.165) is 16.6 Å². The highest BCUT2D eigenvalue weighted by atomic mass is 16.2. The van der Waals surface area contributed by atoms with Crippen molar-refractivity contribution in [1.29, 1.82) is 0 Å². The number of likely N-dealkylation sites (tertiary alicyclic amines) is 1. The van der Waals surface area contributed by atoms with Crippen LogP contribution in [0.4, 0.5) is 0 Å². The number of aromatic amines is 1. The van der Waals surface area contributed by atoms with Gasteiger partial charge in [-0.05, 0) is 38.3 Å². The molecule has 1 aromatic heterocycles. The van der Waals surface area contributed by atoms with Gasteiger partial charge < -0.3 is 15.6 Å². The van der Waals surface area contributed by atoms with Crippen LogP contribution in [0.1, 0.15) is 34.5 Å². The Morgan fingerprint density at radius 2 is 1.91 bits per heavy atom. The summed E-state index contributed by atoms with van der Waals surface area (Å²) in [6, 6.07) is 5.82. The number of H-pyrrole nitrogens is 1. The number of aryl methyl sites for hydroxylation is 2. The Morgan fingerprint density at radius 3 is 2.55 bits per heavy atom. The molecule has 1 aliphatic rings. The molecule has 5 heteroatoms. The largest absolute Gasteiger partial charge is 0.369 e. The fraction of sp³-hybridized carbons (Fsp3) is 0.412. The summed E-state index contributed by atoms with van der Waals surface area (Å²) in [6.07, 6.45) is 1.31. The molecule has 1 aliphatic heterocycles. The molecule has 2 aromatic rings. The van der Waals surface area contributed by atoms with E-state index >= 15 is 0 Å². The number of carbonyl (C=O) groups excluding carboxylic acids is 2. The Labute approximate surface area is 129 Å². The minimum Gasteiger partial charge on any atom is -0.369 e. The van der Waals surface area contributed by atoms with Gasteiger partial charge in [0.25, 0.3) is 5.91 Å². The number of carbonyl (C=O) groups is 2. The lowest BCUT2D eigenvalue weighted by Gasteiger charge is -2.30. The number of nitrogens with zero attached hydrogens (tertiary/aromatic N) is 1. The van der Waals surface area contributed by atoms with Crippen molar-refractivity contribution in [3.05, 3.63) is 35.0 Å². The van der Waals surface area contributed by atoms with Crippen LogP contribution in [0.5, 0.6) is 0 Å². The van der Waals surface area contributed by atoms with Crippen molar-refractivity contribution in [3.8, 4) is 0 Å². The molecule has 0 aliphatic carbocycles. The van der Waals surface area contributed by atoms with E-state index in [1.807, 2.05) is 30.0 Å². The molecule has 0 unspecified atom stereocenters. The molecule has 0 atom stereocenters. The van der Waals surface area contributed by atoms with E-state index in [0.29, 0.717) is 31.5 Å². The van der Waals surface area contributed by atoms with E-state index in [-0.39, 0.29) is 17.7 Å². The first kappa shape index (κ1) is 14.6. The summed E-state index contributed by atoms with van der Waals surface area (Å²) in [5, 5.41) is 1.09. The van der Waals surface area contributed by atoms with E-state index in [1.165, 1.54) is 5.56 Å². The molecule has 3 N–H and O–H groups in total. The van der Waals surface area contributed by atoms with Crippen molar-refractivity contribution in [3.63, 3.8) is 0 Å². The number of hydrogen-bond acceptors (Lipinski definition) is 2. The van der Waals surface area contributed by atoms with Crippen molar-refractivity contribution in [1.82, 2.24) is 9.88 Å². The maximum atomic E-state index is 12.8. The highest BCUT2D eigenvalue weighted by Gasteiger charge is 2.27. The summed E-state index contributed by atoms with van der Waals surface area (Å²) in [7, 11) is 0. The van der Waals surface area contributed by atoms with Gasteiger partial charge in [-0.15, -0.1) is 0 Å². The first-order valence-electron chi connectivity index (χ1n) is 7.65. The number of amides is 2. The van der Waals surface area contributed by atoms with Crippen LogP contribution in [0.2, 0.25) is 0 Å². The lowest BCUT2D eigenvalue weighted by atomic mass is 9.95. The summed E-state index contributed by atoms with van der Waals surface area (Å²) >= 11 is 0.